The van der Waals surface area contributed by atoms with Gasteiger partial charge in [0.25, 0.3) is 0 Å². The maximum Gasteiger partial charge on any atom is 0.239 e. The number of amides is 1. The number of hydrogen-bond donors (Lipinski definition) is 2. The first-order valence-corrected chi connectivity index (χ1v) is 8.79. The molecule has 0 aliphatic carbocycles. The minimum absolute atomic E-state index is 0.0311. The van der Waals surface area contributed by atoms with Crippen molar-refractivity contribution in [1.82, 2.24) is 5.32 Å². The van der Waals surface area contributed by atoms with Gasteiger partial charge in [0.2, 0.25) is 5.91 Å². The number of carbonyl (C=O) groups excluding carboxylic acids is 1. The molecule has 0 saturated carbocycles. The van der Waals surface area contributed by atoms with Gasteiger partial charge in [0.05, 0.1) is 5.54 Å². The molecule has 2 atom stereocenters. The van der Waals surface area contributed by atoms with Gasteiger partial charge in [-0.05, 0) is 49.9 Å². The van der Waals surface area contributed by atoms with Crippen LogP contribution in [0.4, 0.5) is 5.69 Å². The summed E-state index contributed by atoms with van der Waals surface area (Å²) in [6.07, 6.45) is 2.74. The van der Waals surface area contributed by atoms with Gasteiger partial charge < -0.3 is 16.0 Å². The smallest absolute Gasteiger partial charge is 0.239 e. The second-order valence-electron chi connectivity index (χ2n) is 6.45. The van der Waals surface area contributed by atoms with E-state index in [4.69, 9.17) is 5.73 Å². The molecule has 1 saturated heterocycles. The molecule has 1 amide bonds. The van der Waals surface area contributed by atoms with Gasteiger partial charge in [-0.3, -0.25) is 4.79 Å². The summed E-state index contributed by atoms with van der Waals surface area (Å²) in [5.41, 5.74) is 6.55. The molecule has 1 aromatic rings. The molecular formula is C17H26BrN3O. The summed E-state index contributed by atoms with van der Waals surface area (Å²) in [6.45, 7) is 6.59. The van der Waals surface area contributed by atoms with E-state index in [9.17, 15) is 4.79 Å². The van der Waals surface area contributed by atoms with Crippen LogP contribution in [-0.2, 0) is 4.79 Å². The van der Waals surface area contributed by atoms with Gasteiger partial charge in [-0.1, -0.05) is 29.3 Å². The fourth-order valence-corrected chi connectivity index (χ4v) is 3.22. The minimum Gasteiger partial charge on any atom is -0.371 e. The molecule has 1 fully saturated rings. The maximum absolute atomic E-state index is 12.1. The summed E-state index contributed by atoms with van der Waals surface area (Å²) in [7, 11) is 0. The van der Waals surface area contributed by atoms with Crippen LogP contribution in [0.3, 0.4) is 0 Å². The standard InChI is InChI=1S/C17H26BrN3O/c1-3-9-17(2,19)16(22)20-11-13-8-10-21(12-13)15-6-4-14(18)5-7-15/h4-7,13H,3,8-12,19H2,1-2H3,(H,20,22). The lowest BCUT2D eigenvalue weighted by Crippen LogP contribution is -2.52. The molecule has 0 spiro atoms. The Hall–Kier alpha value is -1.07. The van der Waals surface area contributed by atoms with Crippen molar-refractivity contribution >= 4 is 27.5 Å². The highest BCUT2D eigenvalue weighted by Crippen LogP contribution is 2.25. The molecule has 1 aromatic carbocycles. The number of carbonyl (C=O) groups is 1. The van der Waals surface area contributed by atoms with Crippen molar-refractivity contribution in [3.8, 4) is 0 Å². The van der Waals surface area contributed by atoms with Crippen molar-refractivity contribution in [1.29, 1.82) is 0 Å². The molecule has 0 radical (unpaired) electrons. The van der Waals surface area contributed by atoms with Crippen molar-refractivity contribution in [2.45, 2.75) is 38.6 Å². The van der Waals surface area contributed by atoms with Crippen LogP contribution in [0.5, 0.6) is 0 Å². The Labute approximate surface area is 141 Å². The lowest BCUT2D eigenvalue weighted by molar-refractivity contribution is -0.126. The molecule has 122 valence electrons. The van der Waals surface area contributed by atoms with Gasteiger partial charge in [-0.2, -0.15) is 0 Å². The monoisotopic (exact) mass is 367 g/mol. The Kier molecular flexibility index (Phi) is 5.87. The first-order valence-electron chi connectivity index (χ1n) is 8.00. The number of anilines is 1. The third-order valence-corrected chi connectivity index (χ3v) is 4.85. The Morgan fingerprint density at radius 3 is 2.77 bits per heavy atom. The fraction of sp³-hybridized carbons (Fsp3) is 0.588. The summed E-state index contributed by atoms with van der Waals surface area (Å²) >= 11 is 3.46. The molecule has 1 aliphatic heterocycles. The summed E-state index contributed by atoms with van der Waals surface area (Å²) in [5, 5.41) is 3.03. The second kappa shape index (κ2) is 7.47. The van der Waals surface area contributed by atoms with E-state index in [1.165, 1.54) is 5.69 Å². The number of benzene rings is 1. The van der Waals surface area contributed by atoms with Crippen LogP contribution in [0.15, 0.2) is 28.7 Å². The Morgan fingerprint density at radius 1 is 1.45 bits per heavy atom. The van der Waals surface area contributed by atoms with Crippen molar-refractivity contribution < 1.29 is 4.79 Å². The average molecular weight is 368 g/mol. The molecule has 1 heterocycles. The fourth-order valence-electron chi connectivity index (χ4n) is 2.96. The molecular weight excluding hydrogens is 342 g/mol. The van der Waals surface area contributed by atoms with Gasteiger partial charge in [0, 0.05) is 29.8 Å². The minimum atomic E-state index is -0.751. The Morgan fingerprint density at radius 2 is 2.14 bits per heavy atom. The van der Waals surface area contributed by atoms with Crippen LogP contribution in [0, 0.1) is 5.92 Å². The average Bonchev–Trinajstić information content (AvgIpc) is 2.94. The highest BCUT2D eigenvalue weighted by atomic mass is 79.9. The lowest BCUT2D eigenvalue weighted by Gasteiger charge is -2.24. The van der Waals surface area contributed by atoms with Crippen LogP contribution >= 0.6 is 15.9 Å². The molecule has 1 aliphatic rings. The normalized spacial score (nSPS) is 20.7. The maximum atomic E-state index is 12.1. The molecule has 0 aromatic heterocycles. The van der Waals surface area contributed by atoms with Crippen LogP contribution in [0.1, 0.15) is 33.1 Å². The van der Waals surface area contributed by atoms with Gasteiger partial charge in [-0.25, -0.2) is 0 Å². The Balaban J connectivity index is 1.81. The lowest BCUT2D eigenvalue weighted by atomic mass is 9.96. The van der Waals surface area contributed by atoms with Gasteiger partial charge in [0.1, 0.15) is 0 Å². The van der Waals surface area contributed by atoms with E-state index in [0.29, 0.717) is 18.9 Å². The summed E-state index contributed by atoms with van der Waals surface area (Å²) in [5.74, 6) is 0.460. The molecule has 3 N–H and O–H groups in total. The van der Waals surface area contributed by atoms with Crippen LogP contribution in [0.2, 0.25) is 0 Å². The van der Waals surface area contributed by atoms with Gasteiger partial charge in [-0.15, -0.1) is 0 Å². The van der Waals surface area contributed by atoms with Crippen LogP contribution < -0.4 is 16.0 Å². The first-order chi connectivity index (χ1) is 10.4. The topological polar surface area (TPSA) is 58.4 Å². The van der Waals surface area contributed by atoms with Gasteiger partial charge in [0.15, 0.2) is 0 Å². The highest BCUT2D eigenvalue weighted by molar-refractivity contribution is 9.10. The number of rotatable bonds is 6. The third kappa shape index (κ3) is 4.46. The first kappa shape index (κ1) is 17.3. The highest BCUT2D eigenvalue weighted by Gasteiger charge is 2.29. The van der Waals surface area contributed by atoms with Gasteiger partial charge >= 0.3 is 0 Å². The summed E-state index contributed by atoms with van der Waals surface area (Å²) < 4.78 is 1.09. The third-order valence-electron chi connectivity index (χ3n) is 4.32. The van der Waals surface area contributed by atoms with Crippen molar-refractivity contribution in [2.75, 3.05) is 24.5 Å². The molecule has 4 nitrogen and oxygen atoms in total. The van der Waals surface area contributed by atoms with E-state index in [2.05, 4.69) is 50.4 Å². The van der Waals surface area contributed by atoms with E-state index in [-0.39, 0.29) is 5.91 Å². The molecule has 2 rings (SSSR count). The molecule has 2 unspecified atom stereocenters. The predicted octanol–water partition coefficient (Wildman–Crippen LogP) is 2.91. The van der Waals surface area contributed by atoms with E-state index >= 15 is 0 Å². The number of nitrogens with two attached hydrogens (primary N) is 1. The quantitative estimate of drug-likeness (QED) is 0.812. The molecule has 22 heavy (non-hydrogen) atoms. The van der Waals surface area contributed by atoms with E-state index < -0.39 is 5.54 Å². The SMILES string of the molecule is CCCC(C)(N)C(=O)NCC1CCN(c2ccc(Br)cc2)C1. The van der Waals surface area contributed by atoms with Crippen molar-refractivity contribution in [3.05, 3.63) is 28.7 Å². The number of nitrogens with one attached hydrogen (secondary N) is 1. The summed E-state index contributed by atoms with van der Waals surface area (Å²) in [4.78, 5) is 14.5. The summed E-state index contributed by atoms with van der Waals surface area (Å²) in [6, 6.07) is 8.39. The van der Waals surface area contributed by atoms with Crippen molar-refractivity contribution in [2.24, 2.45) is 11.7 Å². The predicted molar refractivity (Wildman–Crippen MR) is 95.0 cm³/mol. The largest absolute Gasteiger partial charge is 0.371 e. The molecule has 0 bridgehead atoms. The Bertz CT molecular complexity index is 501. The van der Waals surface area contributed by atoms with E-state index in [0.717, 1.165) is 30.4 Å². The number of halogens is 1. The van der Waals surface area contributed by atoms with Crippen molar-refractivity contribution in [3.63, 3.8) is 0 Å². The number of nitrogens with zero attached hydrogens (tertiary/aromatic N) is 1. The van der Waals surface area contributed by atoms with E-state index in [1.807, 2.05) is 13.8 Å². The zero-order valence-corrected chi connectivity index (χ0v) is 15.0. The number of hydrogen-bond acceptors (Lipinski definition) is 3. The second-order valence-corrected chi connectivity index (χ2v) is 7.37. The van der Waals surface area contributed by atoms with Crippen LogP contribution in [-0.4, -0.2) is 31.1 Å². The van der Waals surface area contributed by atoms with Crippen LogP contribution in [0.25, 0.3) is 0 Å². The zero-order valence-electron chi connectivity index (χ0n) is 13.4. The molecule has 5 heteroatoms. The van der Waals surface area contributed by atoms with E-state index in [1.54, 1.807) is 0 Å². The zero-order chi connectivity index (χ0) is 16.2.